The molecule has 3 fully saturated rings. The molecule has 0 aromatic carbocycles. The maximum Gasteiger partial charge on any atom is 0.168 e. The van der Waals surface area contributed by atoms with E-state index in [0.717, 1.165) is 18.3 Å². The van der Waals surface area contributed by atoms with Gasteiger partial charge in [0.25, 0.3) is 0 Å². The van der Waals surface area contributed by atoms with Crippen molar-refractivity contribution in [2.24, 2.45) is 0 Å². The number of rotatable bonds is 6. The molecule has 1 aromatic heterocycles. The van der Waals surface area contributed by atoms with E-state index in [1.807, 2.05) is 0 Å². The van der Waals surface area contributed by atoms with Crippen LogP contribution >= 0.6 is 0 Å². The van der Waals surface area contributed by atoms with Gasteiger partial charge in [0.2, 0.25) is 0 Å². The molecule has 2 heterocycles. The second-order valence-electron chi connectivity index (χ2n) is 8.23. The highest BCUT2D eigenvalue weighted by Gasteiger charge is 2.33. The second-order valence-corrected chi connectivity index (χ2v) is 8.23. The van der Waals surface area contributed by atoms with E-state index in [9.17, 15) is 0 Å². The third kappa shape index (κ3) is 3.75. The molecular formula is C19H34N6. The Balaban J connectivity index is 1.44. The number of hydrogen-bond donors (Lipinski definition) is 0. The molecule has 25 heavy (non-hydrogen) atoms. The molecule has 6 nitrogen and oxygen atoms in total. The summed E-state index contributed by atoms with van der Waals surface area (Å²) in [5.74, 6) is 1.13. The highest BCUT2D eigenvalue weighted by molar-refractivity contribution is 4.98. The molecule has 2 aliphatic carbocycles. The minimum Gasteiger partial charge on any atom is -0.298 e. The summed E-state index contributed by atoms with van der Waals surface area (Å²) in [6.45, 7) is 7.05. The Morgan fingerprint density at radius 1 is 0.920 bits per heavy atom. The summed E-state index contributed by atoms with van der Waals surface area (Å²) < 4.78 is 2.18. The third-order valence-corrected chi connectivity index (χ3v) is 6.68. The quantitative estimate of drug-likeness (QED) is 0.792. The van der Waals surface area contributed by atoms with E-state index >= 15 is 0 Å². The Kier molecular flexibility index (Phi) is 5.66. The van der Waals surface area contributed by atoms with E-state index in [-0.39, 0.29) is 0 Å². The Bertz CT molecular complexity index is 524. The predicted molar refractivity (Wildman–Crippen MR) is 98.4 cm³/mol. The SMILES string of the molecule is CCCC(c1nnnn1C1CCCC1)N1CCN(C2CCCC2)CC1. The molecule has 0 N–H and O–H groups in total. The van der Waals surface area contributed by atoms with Gasteiger partial charge in [-0.1, -0.05) is 39.0 Å². The highest BCUT2D eigenvalue weighted by atomic mass is 15.6. The van der Waals surface area contributed by atoms with Crippen molar-refractivity contribution < 1.29 is 0 Å². The van der Waals surface area contributed by atoms with E-state index in [4.69, 9.17) is 0 Å². The minimum atomic E-state index is 0.395. The fourth-order valence-corrected chi connectivity index (χ4v) is 5.26. The fourth-order valence-electron chi connectivity index (χ4n) is 5.26. The van der Waals surface area contributed by atoms with Gasteiger partial charge in [0.15, 0.2) is 5.82 Å². The van der Waals surface area contributed by atoms with Crippen LogP contribution in [-0.2, 0) is 0 Å². The molecule has 6 heteroatoms. The van der Waals surface area contributed by atoms with Gasteiger partial charge in [-0.15, -0.1) is 5.10 Å². The Morgan fingerprint density at radius 3 is 2.20 bits per heavy atom. The largest absolute Gasteiger partial charge is 0.298 e. The molecule has 0 spiro atoms. The average Bonchev–Trinajstić information content (AvgIpc) is 3.42. The van der Waals surface area contributed by atoms with Crippen molar-refractivity contribution in [1.29, 1.82) is 0 Å². The van der Waals surface area contributed by atoms with Crippen LogP contribution in [0.1, 0.15) is 89.0 Å². The molecule has 0 radical (unpaired) electrons. The number of nitrogens with zero attached hydrogens (tertiary/aromatic N) is 6. The van der Waals surface area contributed by atoms with Gasteiger partial charge in [-0.2, -0.15) is 0 Å². The summed E-state index contributed by atoms with van der Waals surface area (Å²) >= 11 is 0. The molecule has 1 atom stereocenters. The standard InChI is InChI=1S/C19H34N6/c1-2-7-18(19-20-21-22-25(19)17-10-5-6-11-17)24-14-12-23(13-15-24)16-8-3-4-9-16/h16-18H,2-15H2,1H3. The van der Waals surface area contributed by atoms with Gasteiger partial charge in [0.1, 0.15) is 0 Å². The minimum absolute atomic E-state index is 0.395. The maximum absolute atomic E-state index is 4.50. The van der Waals surface area contributed by atoms with Gasteiger partial charge < -0.3 is 0 Å². The molecule has 3 aliphatic rings. The van der Waals surface area contributed by atoms with E-state index in [1.165, 1.54) is 84.0 Å². The number of aromatic nitrogens is 4. The first-order chi connectivity index (χ1) is 12.4. The predicted octanol–water partition coefficient (Wildman–Crippen LogP) is 3.19. The average molecular weight is 347 g/mol. The Labute approximate surface area is 151 Å². The van der Waals surface area contributed by atoms with Crippen molar-refractivity contribution in [3.05, 3.63) is 5.82 Å². The number of tetrazole rings is 1. The Hall–Kier alpha value is -1.01. The maximum atomic E-state index is 4.50. The van der Waals surface area contributed by atoms with Crippen molar-refractivity contribution in [1.82, 2.24) is 30.0 Å². The Morgan fingerprint density at radius 2 is 1.56 bits per heavy atom. The van der Waals surface area contributed by atoms with Gasteiger partial charge in [-0.25, -0.2) is 4.68 Å². The fraction of sp³-hybridized carbons (Fsp3) is 0.947. The third-order valence-electron chi connectivity index (χ3n) is 6.68. The van der Waals surface area contributed by atoms with Crippen LogP contribution in [-0.4, -0.2) is 62.2 Å². The van der Waals surface area contributed by atoms with E-state index in [1.54, 1.807) is 0 Å². The van der Waals surface area contributed by atoms with Gasteiger partial charge in [0.05, 0.1) is 12.1 Å². The van der Waals surface area contributed by atoms with Gasteiger partial charge in [0, 0.05) is 32.2 Å². The molecule has 4 rings (SSSR count). The van der Waals surface area contributed by atoms with Crippen LogP contribution in [0.3, 0.4) is 0 Å². The van der Waals surface area contributed by atoms with E-state index in [0.29, 0.717) is 12.1 Å². The molecule has 1 unspecified atom stereocenters. The van der Waals surface area contributed by atoms with Gasteiger partial charge in [-0.3, -0.25) is 9.80 Å². The molecule has 0 bridgehead atoms. The van der Waals surface area contributed by atoms with Crippen LogP contribution in [0, 0.1) is 0 Å². The monoisotopic (exact) mass is 346 g/mol. The van der Waals surface area contributed by atoms with Crippen LogP contribution in [0.15, 0.2) is 0 Å². The number of hydrogen-bond acceptors (Lipinski definition) is 5. The smallest absolute Gasteiger partial charge is 0.168 e. The zero-order valence-electron chi connectivity index (χ0n) is 15.8. The van der Waals surface area contributed by atoms with Crippen LogP contribution in [0.5, 0.6) is 0 Å². The topological polar surface area (TPSA) is 50.1 Å². The van der Waals surface area contributed by atoms with Crippen molar-refractivity contribution >= 4 is 0 Å². The molecule has 1 aromatic rings. The lowest BCUT2D eigenvalue weighted by molar-refractivity contribution is 0.0619. The lowest BCUT2D eigenvalue weighted by Gasteiger charge is -2.41. The molecule has 1 aliphatic heterocycles. The summed E-state index contributed by atoms with van der Waals surface area (Å²) in [5, 5.41) is 13.0. The summed E-state index contributed by atoms with van der Waals surface area (Å²) in [6.07, 6.45) is 13.2. The van der Waals surface area contributed by atoms with Crippen molar-refractivity contribution in [3.8, 4) is 0 Å². The summed E-state index contributed by atoms with van der Waals surface area (Å²) in [7, 11) is 0. The zero-order chi connectivity index (χ0) is 17.1. The first-order valence-electron chi connectivity index (χ1n) is 10.6. The van der Waals surface area contributed by atoms with Crippen LogP contribution < -0.4 is 0 Å². The van der Waals surface area contributed by atoms with E-state index < -0.39 is 0 Å². The summed E-state index contributed by atoms with van der Waals surface area (Å²) in [5.41, 5.74) is 0. The molecule has 0 amide bonds. The van der Waals surface area contributed by atoms with Gasteiger partial charge >= 0.3 is 0 Å². The van der Waals surface area contributed by atoms with Crippen molar-refractivity contribution in [2.45, 2.75) is 89.3 Å². The van der Waals surface area contributed by atoms with E-state index in [2.05, 4.69) is 36.9 Å². The van der Waals surface area contributed by atoms with Crippen LogP contribution in [0.2, 0.25) is 0 Å². The lowest BCUT2D eigenvalue weighted by atomic mass is 10.1. The molecule has 140 valence electrons. The first kappa shape index (κ1) is 17.4. The molecule has 1 saturated heterocycles. The van der Waals surface area contributed by atoms with Crippen LogP contribution in [0.4, 0.5) is 0 Å². The summed E-state index contributed by atoms with van der Waals surface area (Å²) in [6, 6.07) is 1.78. The highest BCUT2D eigenvalue weighted by Crippen LogP contribution is 2.33. The van der Waals surface area contributed by atoms with Crippen molar-refractivity contribution in [2.75, 3.05) is 26.2 Å². The molecule has 2 saturated carbocycles. The zero-order valence-corrected chi connectivity index (χ0v) is 15.8. The van der Waals surface area contributed by atoms with Gasteiger partial charge in [-0.05, 0) is 42.5 Å². The lowest BCUT2D eigenvalue weighted by Crippen LogP contribution is -2.50. The first-order valence-corrected chi connectivity index (χ1v) is 10.6. The van der Waals surface area contributed by atoms with Crippen LogP contribution in [0.25, 0.3) is 0 Å². The number of piperazine rings is 1. The molecular weight excluding hydrogens is 312 g/mol. The second kappa shape index (κ2) is 8.12. The van der Waals surface area contributed by atoms with Crippen molar-refractivity contribution in [3.63, 3.8) is 0 Å². The normalized spacial score (nSPS) is 25.8. The summed E-state index contributed by atoms with van der Waals surface area (Å²) in [4.78, 5) is 5.40.